The van der Waals surface area contributed by atoms with E-state index in [0.29, 0.717) is 22.0 Å². The summed E-state index contributed by atoms with van der Waals surface area (Å²) in [5, 5.41) is 3.25. The molecule has 2 aromatic rings. The first-order valence-electron chi connectivity index (χ1n) is 6.72. The number of carbonyl (C=O) groups is 1. The lowest BCUT2D eigenvalue weighted by molar-refractivity contribution is -0.108. The highest BCUT2D eigenvalue weighted by Gasteiger charge is 2.26. The van der Waals surface area contributed by atoms with E-state index in [9.17, 15) is 13.6 Å². The summed E-state index contributed by atoms with van der Waals surface area (Å²) in [4.78, 5) is 15.4. The van der Waals surface area contributed by atoms with Gasteiger partial charge in [-0.3, -0.25) is 4.99 Å². The molecule has 3 rings (SSSR count). The summed E-state index contributed by atoms with van der Waals surface area (Å²) < 4.78 is 29.0. The summed E-state index contributed by atoms with van der Waals surface area (Å²) in [7, 11) is 0. The lowest BCUT2D eigenvalue weighted by Crippen LogP contribution is -2.23. The van der Waals surface area contributed by atoms with E-state index in [1.807, 2.05) is 0 Å². The Balaban J connectivity index is 2.31. The molecule has 1 unspecified atom stereocenters. The van der Waals surface area contributed by atoms with Crippen LogP contribution in [0.2, 0.25) is 5.02 Å². The van der Waals surface area contributed by atoms with Crippen molar-refractivity contribution in [2.75, 3.05) is 11.9 Å². The van der Waals surface area contributed by atoms with Crippen molar-refractivity contribution < 1.29 is 13.6 Å². The summed E-state index contributed by atoms with van der Waals surface area (Å²) in [6, 6.07) is 6.36. The van der Waals surface area contributed by atoms with Crippen molar-refractivity contribution >= 4 is 45.2 Å². The molecule has 0 spiro atoms. The highest BCUT2D eigenvalue weighted by Crippen LogP contribution is 2.36. The zero-order valence-corrected chi connectivity index (χ0v) is 14.0. The van der Waals surface area contributed by atoms with Crippen molar-refractivity contribution in [2.24, 2.45) is 4.99 Å². The van der Waals surface area contributed by atoms with Gasteiger partial charge in [0.15, 0.2) is 0 Å². The Hall–Kier alpha value is -1.79. The number of aliphatic imine (C=N–C) groups is 1. The lowest BCUT2D eigenvalue weighted by Gasteiger charge is -2.15. The first-order valence-corrected chi connectivity index (χ1v) is 7.89. The monoisotopic (exact) mass is 398 g/mol. The van der Waals surface area contributed by atoms with Gasteiger partial charge in [-0.15, -0.1) is 0 Å². The Morgan fingerprint density at radius 3 is 2.57 bits per heavy atom. The summed E-state index contributed by atoms with van der Waals surface area (Å²) in [6.45, 7) is 0.0508. The number of hydrogen-bond acceptors (Lipinski definition) is 3. The molecule has 118 valence electrons. The minimum Gasteiger partial charge on any atom is -0.373 e. The van der Waals surface area contributed by atoms with Gasteiger partial charge in [0.05, 0.1) is 22.8 Å². The van der Waals surface area contributed by atoms with E-state index in [4.69, 9.17) is 11.6 Å². The number of aldehydes is 1. The maximum atomic E-state index is 14.2. The second-order valence-electron chi connectivity index (χ2n) is 4.96. The minimum absolute atomic E-state index is 0.0508. The van der Waals surface area contributed by atoms with E-state index in [0.717, 1.165) is 12.1 Å². The van der Waals surface area contributed by atoms with E-state index < -0.39 is 17.7 Å². The Bertz CT molecular complexity index is 806. The van der Waals surface area contributed by atoms with Crippen LogP contribution in [0, 0.1) is 11.6 Å². The average molecular weight is 400 g/mol. The van der Waals surface area contributed by atoms with Crippen LogP contribution in [0.4, 0.5) is 14.5 Å². The Morgan fingerprint density at radius 2 is 1.91 bits per heavy atom. The second kappa shape index (κ2) is 6.37. The molecular formula is C16H10BrClF2N2O. The normalized spacial score (nSPS) is 16.9. The maximum absolute atomic E-state index is 14.2. The molecule has 1 atom stereocenters. The van der Waals surface area contributed by atoms with E-state index in [1.165, 1.54) is 6.07 Å². The third kappa shape index (κ3) is 2.88. The molecule has 0 fully saturated rings. The van der Waals surface area contributed by atoms with E-state index >= 15 is 0 Å². The van der Waals surface area contributed by atoms with Crippen LogP contribution in [-0.2, 0) is 4.79 Å². The molecule has 3 nitrogen and oxygen atoms in total. The Labute approximate surface area is 144 Å². The summed E-state index contributed by atoms with van der Waals surface area (Å²) in [5.41, 5.74) is 0.671. The summed E-state index contributed by atoms with van der Waals surface area (Å²) >= 11 is 9.62. The molecule has 2 aromatic carbocycles. The third-order valence-electron chi connectivity index (χ3n) is 3.48. The number of benzene rings is 2. The summed E-state index contributed by atoms with van der Waals surface area (Å²) in [6.07, 6.45) is 0.698. The van der Waals surface area contributed by atoms with Crippen molar-refractivity contribution in [1.82, 2.24) is 0 Å². The molecule has 1 N–H and O–H groups in total. The average Bonchev–Trinajstić information content (AvgIpc) is 2.71. The van der Waals surface area contributed by atoms with Crippen molar-refractivity contribution in [3.8, 4) is 0 Å². The first-order chi connectivity index (χ1) is 11.0. The number of anilines is 1. The topological polar surface area (TPSA) is 41.5 Å². The Kier molecular flexibility index (Phi) is 4.46. The van der Waals surface area contributed by atoms with Crippen LogP contribution >= 0.6 is 27.5 Å². The highest BCUT2D eigenvalue weighted by molar-refractivity contribution is 9.10. The molecule has 0 aliphatic carbocycles. The van der Waals surface area contributed by atoms with Gasteiger partial charge in [0.2, 0.25) is 0 Å². The maximum Gasteiger partial charge on any atom is 0.144 e. The van der Waals surface area contributed by atoms with Crippen LogP contribution in [0.5, 0.6) is 0 Å². The van der Waals surface area contributed by atoms with Crippen molar-refractivity contribution in [3.05, 3.63) is 62.6 Å². The van der Waals surface area contributed by atoms with Crippen molar-refractivity contribution in [2.45, 2.75) is 6.04 Å². The third-order valence-corrected chi connectivity index (χ3v) is 4.76. The van der Waals surface area contributed by atoms with Gasteiger partial charge in [0.1, 0.15) is 24.0 Å². The van der Waals surface area contributed by atoms with Crippen LogP contribution < -0.4 is 5.32 Å². The fraction of sp³-hybridized carbons (Fsp3) is 0.125. The largest absolute Gasteiger partial charge is 0.373 e. The Morgan fingerprint density at radius 1 is 1.22 bits per heavy atom. The quantitative estimate of drug-likeness (QED) is 0.769. The molecule has 1 aliphatic heterocycles. The van der Waals surface area contributed by atoms with Gasteiger partial charge in [-0.05, 0) is 40.2 Å². The van der Waals surface area contributed by atoms with Gasteiger partial charge < -0.3 is 10.1 Å². The molecule has 0 radical (unpaired) electrons. The lowest BCUT2D eigenvalue weighted by atomic mass is 9.99. The first kappa shape index (κ1) is 16.1. The predicted molar refractivity (Wildman–Crippen MR) is 89.5 cm³/mol. The summed E-state index contributed by atoms with van der Waals surface area (Å²) in [5.74, 6) is -1.48. The van der Waals surface area contributed by atoms with E-state index in [1.54, 1.807) is 12.1 Å². The number of nitrogens with one attached hydrogen (secondary N) is 1. The number of fused-ring (bicyclic) bond motifs is 1. The number of hydrogen-bond donors (Lipinski definition) is 1. The predicted octanol–water partition coefficient (Wildman–Crippen LogP) is 4.21. The SMILES string of the molecule is O=CC1CN=C(c2c(F)cccc2F)c2c(ccc(Br)c2Cl)N1. The van der Waals surface area contributed by atoms with Gasteiger partial charge in [0, 0.05) is 15.7 Å². The van der Waals surface area contributed by atoms with Gasteiger partial charge in [0.25, 0.3) is 0 Å². The number of halogens is 4. The van der Waals surface area contributed by atoms with Crippen LogP contribution in [0.15, 0.2) is 39.8 Å². The van der Waals surface area contributed by atoms with Crippen LogP contribution in [0.25, 0.3) is 0 Å². The number of nitrogens with zero attached hydrogens (tertiary/aromatic N) is 1. The molecule has 0 saturated carbocycles. The van der Waals surface area contributed by atoms with Gasteiger partial charge in [-0.2, -0.15) is 0 Å². The van der Waals surface area contributed by atoms with Gasteiger partial charge in [-0.1, -0.05) is 17.7 Å². The number of benzodiazepines with no additional fused rings is 1. The zero-order valence-electron chi connectivity index (χ0n) is 11.6. The highest BCUT2D eigenvalue weighted by atomic mass is 79.9. The molecule has 1 aliphatic rings. The molecular weight excluding hydrogens is 390 g/mol. The van der Waals surface area contributed by atoms with Crippen LogP contribution in [-0.4, -0.2) is 24.6 Å². The van der Waals surface area contributed by atoms with Crippen LogP contribution in [0.3, 0.4) is 0 Å². The molecule has 0 bridgehead atoms. The minimum atomic E-state index is -0.740. The molecule has 7 heteroatoms. The molecule has 23 heavy (non-hydrogen) atoms. The van der Waals surface area contributed by atoms with Gasteiger partial charge >= 0.3 is 0 Å². The smallest absolute Gasteiger partial charge is 0.144 e. The van der Waals surface area contributed by atoms with Crippen LogP contribution in [0.1, 0.15) is 11.1 Å². The molecule has 0 saturated heterocycles. The fourth-order valence-corrected chi connectivity index (χ4v) is 3.01. The molecule has 1 heterocycles. The van der Waals surface area contributed by atoms with Gasteiger partial charge in [-0.25, -0.2) is 8.78 Å². The molecule has 0 amide bonds. The zero-order chi connectivity index (χ0) is 16.6. The van der Waals surface area contributed by atoms with Crippen molar-refractivity contribution in [3.63, 3.8) is 0 Å². The number of rotatable bonds is 2. The van der Waals surface area contributed by atoms with E-state index in [-0.39, 0.29) is 22.8 Å². The number of carbonyl (C=O) groups excluding carboxylic acids is 1. The fourth-order valence-electron chi connectivity index (χ4n) is 2.42. The second-order valence-corrected chi connectivity index (χ2v) is 6.19. The molecule has 0 aromatic heterocycles. The van der Waals surface area contributed by atoms with E-state index in [2.05, 4.69) is 26.2 Å². The van der Waals surface area contributed by atoms with Crippen molar-refractivity contribution in [1.29, 1.82) is 0 Å². The standard InChI is InChI=1S/C16H10BrClF2N2O/c17-9-4-5-12-14(15(9)18)16(21-6-8(7-23)22-12)13-10(19)2-1-3-11(13)20/h1-5,7-8,22H,6H2.